The summed E-state index contributed by atoms with van der Waals surface area (Å²) in [4.78, 5) is 23.4. The maximum Gasteiger partial charge on any atom is 0.287 e. The van der Waals surface area contributed by atoms with Crippen LogP contribution in [0, 0.1) is 10.1 Å². The average molecular weight is 232 g/mol. The van der Waals surface area contributed by atoms with Gasteiger partial charge < -0.3 is 4.74 Å². The van der Waals surface area contributed by atoms with E-state index in [-0.39, 0.29) is 12.2 Å². The minimum absolute atomic E-state index is 0.0218. The van der Waals surface area contributed by atoms with E-state index in [0.29, 0.717) is 0 Å². The highest BCUT2D eigenvalue weighted by Crippen LogP contribution is 2.30. The average Bonchev–Trinajstić information content (AvgIpc) is 2.26. The molecule has 0 fully saturated rings. The first-order valence-corrected chi connectivity index (χ1v) is 3.98. The van der Waals surface area contributed by atoms with Gasteiger partial charge >= 0.3 is 0 Å². The van der Waals surface area contributed by atoms with Gasteiger partial charge in [0.2, 0.25) is 5.88 Å². The summed E-state index contributed by atoms with van der Waals surface area (Å²) in [6.07, 6.45) is -3.11. The number of rotatable bonds is 4. The lowest BCUT2D eigenvalue weighted by Crippen LogP contribution is -2.04. The van der Waals surface area contributed by atoms with Gasteiger partial charge in [0.25, 0.3) is 12.1 Å². The molecule has 0 unspecified atom stereocenters. The van der Waals surface area contributed by atoms with Crippen molar-refractivity contribution in [1.29, 1.82) is 0 Å². The number of hydrogen-bond acceptors (Lipinski definition) is 5. The van der Waals surface area contributed by atoms with Gasteiger partial charge in [0.1, 0.15) is 11.3 Å². The molecule has 0 bridgehead atoms. The summed E-state index contributed by atoms with van der Waals surface area (Å²) in [6.45, 7) is 0. The first kappa shape index (κ1) is 12.0. The fraction of sp³-hybridized carbons (Fsp3) is 0.250. The van der Waals surface area contributed by atoms with Gasteiger partial charge in [-0.05, 0) is 0 Å². The SMILES string of the molecule is COc1cc([N+](=O)[O-])c(C=O)c(C(F)F)n1. The van der Waals surface area contributed by atoms with Gasteiger partial charge in [0.15, 0.2) is 6.29 Å². The van der Waals surface area contributed by atoms with Crippen LogP contribution in [0.25, 0.3) is 0 Å². The van der Waals surface area contributed by atoms with E-state index in [0.717, 1.165) is 13.2 Å². The highest BCUT2D eigenvalue weighted by Gasteiger charge is 2.26. The minimum atomic E-state index is -3.09. The minimum Gasteiger partial charge on any atom is -0.481 e. The topological polar surface area (TPSA) is 82.3 Å². The maximum absolute atomic E-state index is 12.5. The van der Waals surface area contributed by atoms with Crippen molar-refractivity contribution >= 4 is 12.0 Å². The zero-order valence-electron chi connectivity index (χ0n) is 8.02. The fourth-order valence-corrected chi connectivity index (χ4v) is 1.08. The predicted octanol–water partition coefficient (Wildman–Crippen LogP) is 1.75. The van der Waals surface area contributed by atoms with Crippen LogP contribution in [0.5, 0.6) is 5.88 Å². The van der Waals surface area contributed by atoms with Crippen molar-refractivity contribution < 1.29 is 23.2 Å². The molecule has 0 aliphatic carbocycles. The molecule has 0 radical (unpaired) electrons. The van der Waals surface area contributed by atoms with Crippen LogP contribution in [0.15, 0.2) is 6.07 Å². The Balaban J connectivity index is 3.52. The van der Waals surface area contributed by atoms with Gasteiger partial charge in [0, 0.05) is 0 Å². The van der Waals surface area contributed by atoms with E-state index in [2.05, 4.69) is 9.72 Å². The van der Waals surface area contributed by atoms with Crippen molar-refractivity contribution in [2.45, 2.75) is 6.43 Å². The van der Waals surface area contributed by atoms with E-state index in [1.54, 1.807) is 0 Å². The Bertz CT molecular complexity index is 436. The maximum atomic E-state index is 12.5. The number of pyridine rings is 1. The summed E-state index contributed by atoms with van der Waals surface area (Å²) in [6, 6.07) is 0.815. The van der Waals surface area contributed by atoms with Gasteiger partial charge in [-0.2, -0.15) is 0 Å². The molecule has 1 aromatic heterocycles. The summed E-state index contributed by atoms with van der Waals surface area (Å²) in [5.41, 5.74) is -2.45. The Hall–Kier alpha value is -2.12. The highest BCUT2D eigenvalue weighted by atomic mass is 19.3. The van der Waals surface area contributed by atoms with Gasteiger partial charge in [-0.1, -0.05) is 0 Å². The smallest absolute Gasteiger partial charge is 0.287 e. The molecule has 0 spiro atoms. The van der Waals surface area contributed by atoms with Crippen molar-refractivity contribution in [3.63, 3.8) is 0 Å². The molecule has 6 nitrogen and oxygen atoms in total. The van der Waals surface area contributed by atoms with E-state index in [1.807, 2.05) is 0 Å². The van der Waals surface area contributed by atoms with Crippen LogP contribution < -0.4 is 4.74 Å². The van der Waals surface area contributed by atoms with Crippen LogP contribution in [-0.2, 0) is 0 Å². The Kier molecular flexibility index (Phi) is 3.44. The largest absolute Gasteiger partial charge is 0.481 e. The lowest BCUT2D eigenvalue weighted by atomic mass is 10.2. The van der Waals surface area contributed by atoms with Crippen LogP contribution in [0.3, 0.4) is 0 Å². The molecule has 0 N–H and O–H groups in total. The van der Waals surface area contributed by atoms with Crippen molar-refractivity contribution in [3.05, 3.63) is 27.4 Å². The Morgan fingerprint density at radius 3 is 2.62 bits per heavy atom. The normalized spacial score (nSPS) is 10.2. The third-order valence-electron chi connectivity index (χ3n) is 1.77. The molecule has 86 valence electrons. The molecule has 0 aliphatic rings. The van der Waals surface area contributed by atoms with Gasteiger partial charge in [-0.25, -0.2) is 13.8 Å². The second-order valence-corrected chi connectivity index (χ2v) is 2.66. The van der Waals surface area contributed by atoms with Crippen LogP contribution in [0.2, 0.25) is 0 Å². The zero-order valence-corrected chi connectivity index (χ0v) is 8.02. The van der Waals surface area contributed by atoms with Crippen molar-refractivity contribution in [2.24, 2.45) is 0 Å². The van der Waals surface area contributed by atoms with Gasteiger partial charge in [0.05, 0.1) is 18.1 Å². The second kappa shape index (κ2) is 4.60. The number of carbonyl (C=O) groups is 1. The van der Waals surface area contributed by atoms with Crippen LogP contribution in [0.1, 0.15) is 22.5 Å². The summed E-state index contributed by atoms with van der Waals surface area (Å²) in [5, 5.41) is 10.5. The number of methoxy groups -OCH3 is 1. The molecule has 0 saturated carbocycles. The van der Waals surface area contributed by atoms with Crippen LogP contribution in [-0.4, -0.2) is 23.3 Å². The molecule has 16 heavy (non-hydrogen) atoms. The molecule has 0 atom stereocenters. The fourth-order valence-electron chi connectivity index (χ4n) is 1.08. The number of alkyl halides is 2. The first-order chi connectivity index (χ1) is 7.51. The Morgan fingerprint density at radius 1 is 1.62 bits per heavy atom. The number of hydrogen-bond donors (Lipinski definition) is 0. The van der Waals surface area contributed by atoms with Crippen molar-refractivity contribution in [3.8, 4) is 5.88 Å². The number of halogens is 2. The summed E-state index contributed by atoms with van der Waals surface area (Å²) < 4.78 is 29.5. The number of nitrogens with zero attached hydrogens (tertiary/aromatic N) is 2. The molecule has 8 heteroatoms. The van der Waals surface area contributed by atoms with Crippen LogP contribution in [0.4, 0.5) is 14.5 Å². The Morgan fingerprint density at radius 2 is 2.25 bits per heavy atom. The third kappa shape index (κ3) is 2.10. The number of nitro groups is 1. The molecule has 0 saturated heterocycles. The monoisotopic (exact) mass is 232 g/mol. The lowest BCUT2D eigenvalue weighted by molar-refractivity contribution is -0.385. The van der Waals surface area contributed by atoms with Crippen molar-refractivity contribution in [2.75, 3.05) is 7.11 Å². The molecule has 0 amide bonds. The van der Waals surface area contributed by atoms with E-state index in [9.17, 15) is 23.7 Å². The molecular weight excluding hydrogens is 226 g/mol. The number of aldehydes is 1. The van der Waals surface area contributed by atoms with E-state index in [1.165, 1.54) is 0 Å². The van der Waals surface area contributed by atoms with E-state index < -0.39 is 28.3 Å². The lowest BCUT2D eigenvalue weighted by Gasteiger charge is -2.06. The number of aromatic nitrogens is 1. The van der Waals surface area contributed by atoms with Crippen molar-refractivity contribution in [1.82, 2.24) is 4.98 Å². The first-order valence-electron chi connectivity index (χ1n) is 3.98. The predicted molar refractivity (Wildman–Crippen MR) is 47.8 cm³/mol. The highest BCUT2D eigenvalue weighted by molar-refractivity contribution is 5.83. The quantitative estimate of drug-likeness (QED) is 0.448. The molecule has 1 rings (SSSR count). The Labute approximate surface area is 88.0 Å². The third-order valence-corrected chi connectivity index (χ3v) is 1.77. The number of carbonyl (C=O) groups excluding carboxylic acids is 1. The zero-order chi connectivity index (χ0) is 12.3. The van der Waals surface area contributed by atoms with Gasteiger partial charge in [-0.15, -0.1) is 0 Å². The summed E-state index contributed by atoms with van der Waals surface area (Å²) >= 11 is 0. The summed E-state index contributed by atoms with van der Waals surface area (Å²) in [5.74, 6) is -0.340. The van der Waals surface area contributed by atoms with E-state index in [4.69, 9.17) is 0 Å². The van der Waals surface area contributed by atoms with E-state index >= 15 is 0 Å². The van der Waals surface area contributed by atoms with Crippen LogP contribution >= 0.6 is 0 Å². The molecular formula is C8H6F2N2O4. The molecule has 0 aliphatic heterocycles. The molecule has 0 aromatic carbocycles. The number of ether oxygens (including phenoxy) is 1. The molecule has 1 aromatic rings. The second-order valence-electron chi connectivity index (χ2n) is 2.66. The molecule has 1 heterocycles. The van der Waals surface area contributed by atoms with Gasteiger partial charge in [-0.3, -0.25) is 14.9 Å². The summed E-state index contributed by atoms with van der Waals surface area (Å²) in [7, 11) is 1.13. The standard InChI is InChI=1S/C8H6F2N2O4/c1-16-6-2-5(12(14)15)4(3-13)7(11-6)8(9)10/h2-3,8H,1H3.